The van der Waals surface area contributed by atoms with E-state index < -0.39 is 12.1 Å². The number of hydrogen-bond donors (Lipinski definition) is 1. The van der Waals surface area contributed by atoms with Crippen LogP contribution in [0.3, 0.4) is 0 Å². The number of rotatable bonds is 2. The van der Waals surface area contributed by atoms with Gasteiger partial charge in [0.15, 0.2) is 0 Å². The molecule has 0 aliphatic rings. The lowest BCUT2D eigenvalue weighted by molar-refractivity contribution is 0.145. The first-order valence-corrected chi connectivity index (χ1v) is 4.66. The van der Waals surface area contributed by atoms with Crippen molar-refractivity contribution in [2.24, 2.45) is 0 Å². The molecule has 1 rings (SSSR count). The zero-order valence-corrected chi connectivity index (χ0v) is 8.99. The highest BCUT2D eigenvalue weighted by molar-refractivity contribution is 14.1. The molecule has 0 amide bonds. The Morgan fingerprint density at radius 1 is 1.64 bits per heavy atom. The molecule has 1 aromatic heterocycles. The van der Waals surface area contributed by atoms with Gasteiger partial charge in [-0.2, -0.15) is 5.26 Å². The Morgan fingerprint density at radius 2 is 2.29 bits per heavy atom. The first kappa shape index (κ1) is 11.3. The fourth-order valence-corrected chi connectivity index (χ4v) is 1.63. The number of aliphatic hydroxyl groups is 1. The molecule has 0 fully saturated rings. The third-order valence-corrected chi connectivity index (χ3v) is 2.84. The smallest absolute Gasteiger partial charge is 0.281 e. The molecule has 14 heavy (non-hydrogen) atoms. The minimum Gasteiger partial charge on any atom is -0.392 e. The van der Waals surface area contributed by atoms with Crippen LogP contribution in [0.4, 0.5) is 8.78 Å². The Labute approximate surface area is 92.5 Å². The van der Waals surface area contributed by atoms with Gasteiger partial charge in [-0.3, -0.25) is 4.98 Å². The summed E-state index contributed by atoms with van der Waals surface area (Å²) in [6.07, 6.45) is -1.62. The van der Waals surface area contributed by atoms with E-state index in [-0.39, 0.29) is 12.2 Å². The highest BCUT2D eigenvalue weighted by atomic mass is 127. The van der Waals surface area contributed by atoms with Gasteiger partial charge in [0.1, 0.15) is 11.8 Å². The van der Waals surface area contributed by atoms with Crippen molar-refractivity contribution in [3.05, 3.63) is 26.6 Å². The summed E-state index contributed by atoms with van der Waals surface area (Å²) >= 11 is 1.74. The van der Waals surface area contributed by atoms with Gasteiger partial charge in [0.2, 0.25) is 0 Å². The summed E-state index contributed by atoms with van der Waals surface area (Å²) < 4.78 is 25.0. The van der Waals surface area contributed by atoms with Crippen LogP contribution in [-0.2, 0) is 6.61 Å². The summed E-state index contributed by atoms with van der Waals surface area (Å²) in [7, 11) is 0. The van der Waals surface area contributed by atoms with Crippen molar-refractivity contribution >= 4 is 22.6 Å². The number of pyridine rings is 1. The topological polar surface area (TPSA) is 56.9 Å². The van der Waals surface area contributed by atoms with E-state index in [1.165, 1.54) is 0 Å². The molecule has 6 heteroatoms. The minimum atomic E-state index is -2.77. The molecular formula is C8H5F2IN2O. The van der Waals surface area contributed by atoms with Crippen molar-refractivity contribution in [3.63, 3.8) is 0 Å². The van der Waals surface area contributed by atoms with Crippen LogP contribution in [0.25, 0.3) is 0 Å². The first-order chi connectivity index (χ1) is 6.61. The van der Waals surface area contributed by atoms with E-state index in [0.29, 0.717) is 9.13 Å². The summed E-state index contributed by atoms with van der Waals surface area (Å²) in [5, 5.41) is 17.5. The lowest BCUT2D eigenvalue weighted by atomic mass is 10.1. The van der Waals surface area contributed by atoms with E-state index >= 15 is 0 Å². The molecule has 74 valence electrons. The summed E-state index contributed by atoms with van der Waals surface area (Å²) in [6, 6.07) is 1.66. The molecule has 1 heterocycles. The standard InChI is InChI=1S/C8H5F2IN2O/c9-8(10)7-5(1-12)6(11)4(3-14)2-13-7/h2,8,14H,3H2. The molecule has 0 aliphatic carbocycles. The fourth-order valence-electron chi connectivity index (χ4n) is 0.924. The van der Waals surface area contributed by atoms with Crippen molar-refractivity contribution in [2.45, 2.75) is 13.0 Å². The van der Waals surface area contributed by atoms with Crippen molar-refractivity contribution in [1.29, 1.82) is 5.26 Å². The van der Waals surface area contributed by atoms with Crippen LogP contribution in [0.15, 0.2) is 6.20 Å². The molecule has 1 aromatic rings. The van der Waals surface area contributed by atoms with Gasteiger partial charge in [0.05, 0.1) is 12.2 Å². The van der Waals surface area contributed by atoms with E-state index in [9.17, 15) is 8.78 Å². The van der Waals surface area contributed by atoms with Crippen LogP contribution < -0.4 is 0 Å². The predicted octanol–water partition coefficient (Wildman–Crippen LogP) is 1.99. The Kier molecular flexibility index (Phi) is 3.71. The molecule has 3 nitrogen and oxygen atoms in total. The molecule has 1 N–H and O–H groups in total. The second-order valence-corrected chi connectivity index (χ2v) is 3.51. The number of halogens is 3. The van der Waals surface area contributed by atoms with Gasteiger partial charge in [0.25, 0.3) is 6.43 Å². The summed E-state index contributed by atoms with van der Waals surface area (Å²) in [4.78, 5) is 3.44. The number of nitriles is 1. The van der Waals surface area contributed by atoms with Crippen LogP contribution >= 0.6 is 22.6 Å². The average Bonchev–Trinajstić information content (AvgIpc) is 2.17. The molecule has 0 bridgehead atoms. The monoisotopic (exact) mass is 310 g/mol. The van der Waals surface area contributed by atoms with E-state index in [0.717, 1.165) is 6.20 Å². The summed E-state index contributed by atoms with van der Waals surface area (Å²) in [5.74, 6) is 0. The van der Waals surface area contributed by atoms with Gasteiger partial charge in [0, 0.05) is 15.3 Å². The van der Waals surface area contributed by atoms with Crippen LogP contribution in [0, 0.1) is 14.9 Å². The van der Waals surface area contributed by atoms with Crippen molar-refractivity contribution < 1.29 is 13.9 Å². The molecule has 0 saturated heterocycles. The molecular weight excluding hydrogens is 305 g/mol. The molecule has 0 atom stereocenters. The number of nitrogens with zero attached hydrogens (tertiary/aromatic N) is 2. The maximum Gasteiger partial charge on any atom is 0.281 e. The predicted molar refractivity (Wildman–Crippen MR) is 52.5 cm³/mol. The van der Waals surface area contributed by atoms with Gasteiger partial charge in [-0.1, -0.05) is 0 Å². The lowest BCUT2D eigenvalue weighted by Gasteiger charge is -2.06. The third-order valence-electron chi connectivity index (χ3n) is 1.61. The second kappa shape index (κ2) is 4.61. The van der Waals surface area contributed by atoms with Crippen LogP contribution in [0.2, 0.25) is 0 Å². The molecule has 0 aliphatic heterocycles. The highest BCUT2D eigenvalue weighted by Crippen LogP contribution is 2.25. The minimum absolute atomic E-state index is 0.160. The SMILES string of the molecule is N#Cc1c(C(F)F)ncc(CO)c1I. The highest BCUT2D eigenvalue weighted by Gasteiger charge is 2.19. The lowest BCUT2D eigenvalue weighted by Crippen LogP contribution is -2.02. The van der Waals surface area contributed by atoms with E-state index in [1.807, 2.05) is 0 Å². The zero-order chi connectivity index (χ0) is 10.7. The number of aromatic nitrogens is 1. The molecule has 0 spiro atoms. The van der Waals surface area contributed by atoms with Crippen LogP contribution in [0.1, 0.15) is 23.2 Å². The normalized spacial score (nSPS) is 10.3. The fraction of sp³-hybridized carbons (Fsp3) is 0.250. The van der Waals surface area contributed by atoms with Crippen molar-refractivity contribution in [3.8, 4) is 6.07 Å². The Morgan fingerprint density at radius 3 is 2.71 bits per heavy atom. The van der Waals surface area contributed by atoms with Gasteiger partial charge in [-0.05, 0) is 22.6 Å². The number of alkyl halides is 2. The largest absolute Gasteiger partial charge is 0.392 e. The van der Waals surface area contributed by atoms with Crippen molar-refractivity contribution in [2.75, 3.05) is 0 Å². The van der Waals surface area contributed by atoms with Gasteiger partial charge in [-0.15, -0.1) is 0 Å². The van der Waals surface area contributed by atoms with E-state index in [4.69, 9.17) is 10.4 Å². The van der Waals surface area contributed by atoms with Crippen LogP contribution in [0.5, 0.6) is 0 Å². The number of aliphatic hydroxyl groups excluding tert-OH is 1. The van der Waals surface area contributed by atoms with Gasteiger partial charge < -0.3 is 5.11 Å². The molecule has 0 radical (unpaired) electrons. The maximum atomic E-state index is 12.4. The molecule has 0 saturated carbocycles. The zero-order valence-electron chi connectivity index (χ0n) is 6.84. The second-order valence-electron chi connectivity index (χ2n) is 2.43. The molecule has 0 unspecified atom stereocenters. The Bertz CT molecular complexity index is 390. The Hall–Kier alpha value is -0.810. The summed E-state index contributed by atoms with van der Waals surface area (Å²) in [5.41, 5.74) is -0.312. The van der Waals surface area contributed by atoms with Crippen LogP contribution in [-0.4, -0.2) is 10.1 Å². The average molecular weight is 310 g/mol. The maximum absolute atomic E-state index is 12.4. The first-order valence-electron chi connectivity index (χ1n) is 3.58. The van der Waals surface area contributed by atoms with Gasteiger partial charge >= 0.3 is 0 Å². The summed E-state index contributed by atoms with van der Waals surface area (Å²) in [6.45, 7) is -0.316. The van der Waals surface area contributed by atoms with E-state index in [2.05, 4.69) is 4.98 Å². The third kappa shape index (κ3) is 1.99. The van der Waals surface area contributed by atoms with Crippen molar-refractivity contribution in [1.82, 2.24) is 4.98 Å². The quantitative estimate of drug-likeness (QED) is 0.850. The molecule has 0 aromatic carbocycles. The number of hydrogen-bond acceptors (Lipinski definition) is 3. The van der Waals surface area contributed by atoms with E-state index in [1.54, 1.807) is 28.7 Å². The Balaban J connectivity index is 3.38. The van der Waals surface area contributed by atoms with Gasteiger partial charge in [-0.25, -0.2) is 8.78 Å².